The van der Waals surface area contributed by atoms with E-state index in [1.165, 1.54) is 37.0 Å². The minimum absolute atomic E-state index is 0.238. The molecular formula is C16H23NO3S. The Kier molecular flexibility index (Phi) is 4.62. The van der Waals surface area contributed by atoms with Gasteiger partial charge in [-0.2, -0.15) is 11.3 Å². The molecular weight excluding hydrogens is 286 g/mol. The van der Waals surface area contributed by atoms with Gasteiger partial charge in [0.2, 0.25) is 0 Å². The van der Waals surface area contributed by atoms with Crippen LogP contribution in [0.1, 0.15) is 43.7 Å². The van der Waals surface area contributed by atoms with Crippen LogP contribution >= 0.6 is 11.3 Å². The summed E-state index contributed by atoms with van der Waals surface area (Å²) in [6.07, 6.45) is 5.30. The van der Waals surface area contributed by atoms with Crippen LogP contribution in [0.5, 0.6) is 0 Å². The van der Waals surface area contributed by atoms with Gasteiger partial charge in [-0.1, -0.05) is 25.7 Å². The van der Waals surface area contributed by atoms with E-state index in [0.29, 0.717) is 25.4 Å². The number of carbonyl (C=O) groups is 1. The Balaban J connectivity index is 1.76. The Bertz CT molecular complexity index is 470. The third-order valence-corrected chi connectivity index (χ3v) is 5.82. The van der Waals surface area contributed by atoms with Crippen LogP contribution in [0.15, 0.2) is 16.8 Å². The van der Waals surface area contributed by atoms with E-state index in [2.05, 4.69) is 4.90 Å². The number of nitrogens with zero attached hydrogens (tertiary/aromatic N) is 1. The van der Waals surface area contributed by atoms with Crippen molar-refractivity contribution in [2.45, 2.75) is 44.2 Å². The zero-order valence-corrected chi connectivity index (χ0v) is 13.0. The maximum Gasteiger partial charge on any atom is 0.325 e. The second kappa shape index (κ2) is 6.46. The van der Waals surface area contributed by atoms with Gasteiger partial charge in [-0.3, -0.25) is 9.69 Å². The molecule has 2 fully saturated rings. The highest BCUT2D eigenvalue weighted by atomic mass is 32.1. The first-order valence-electron chi connectivity index (χ1n) is 7.84. The number of aliphatic carboxylic acids is 1. The molecule has 1 aromatic rings. The Labute approximate surface area is 129 Å². The van der Waals surface area contributed by atoms with Crippen molar-refractivity contribution in [3.05, 3.63) is 22.4 Å². The Morgan fingerprint density at radius 2 is 2.10 bits per heavy atom. The molecule has 116 valence electrons. The smallest absolute Gasteiger partial charge is 0.325 e. The molecule has 3 atom stereocenters. The van der Waals surface area contributed by atoms with E-state index < -0.39 is 12.0 Å². The van der Waals surface area contributed by atoms with Crippen LogP contribution in [-0.2, 0) is 4.79 Å². The van der Waals surface area contributed by atoms with E-state index in [-0.39, 0.29) is 12.0 Å². The Morgan fingerprint density at radius 3 is 2.71 bits per heavy atom. The summed E-state index contributed by atoms with van der Waals surface area (Å²) >= 11 is 1.54. The predicted octanol–water partition coefficient (Wildman–Crippen LogP) is 2.75. The predicted molar refractivity (Wildman–Crippen MR) is 82.3 cm³/mol. The van der Waals surface area contributed by atoms with Crippen molar-refractivity contribution in [1.29, 1.82) is 0 Å². The summed E-state index contributed by atoms with van der Waals surface area (Å²) in [6, 6.07) is 1.34. The summed E-state index contributed by atoms with van der Waals surface area (Å²) in [5.74, 6) is 0.0245. The molecule has 2 heterocycles. The lowest BCUT2D eigenvalue weighted by Gasteiger charge is -2.41. The van der Waals surface area contributed by atoms with Crippen LogP contribution in [-0.4, -0.2) is 40.3 Å². The largest absolute Gasteiger partial charge is 0.480 e. The topological polar surface area (TPSA) is 60.8 Å². The molecule has 4 nitrogen and oxygen atoms in total. The highest BCUT2D eigenvalue weighted by molar-refractivity contribution is 7.08. The maximum atomic E-state index is 11.7. The number of hydrogen-bond acceptors (Lipinski definition) is 4. The number of hydrogen-bond donors (Lipinski definition) is 2. The van der Waals surface area contributed by atoms with E-state index in [1.54, 1.807) is 0 Å². The van der Waals surface area contributed by atoms with Gasteiger partial charge in [-0.15, -0.1) is 0 Å². The van der Waals surface area contributed by atoms with Gasteiger partial charge in [0.25, 0.3) is 0 Å². The first-order valence-corrected chi connectivity index (χ1v) is 8.78. The third kappa shape index (κ3) is 3.15. The molecule has 3 rings (SSSR count). The average Bonchev–Trinajstić information content (AvgIpc) is 3.13. The summed E-state index contributed by atoms with van der Waals surface area (Å²) in [4.78, 5) is 13.8. The molecule has 1 aliphatic heterocycles. The zero-order valence-electron chi connectivity index (χ0n) is 12.1. The minimum atomic E-state index is -0.782. The normalized spacial score (nSPS) is 29.6. The summed E-state index contributed by atoms with van der Waals surface area (Å²) in [5, 5.41) is 23.8. The molecule has 1 aromatic heterocycles. The number of carboxylic acid groups (broad SMARTS) is 1. The van der Waals surface area contributed by atoms with Gasteiger partial charge in [0.05, 0.1) is 6.10 Å². The van der Waals surface area contributed by atoms with Gasteiger partial charge in [0, 0.05) is 19.0 Å². The van der Waals surface area contributed by atoms with Gasteiger partial charge in [-0.25, -0.2) is 0 Å². The summed E-state index contributed by atoms with van der Waals surface area (Å²) < 4.78 is 0. The number of thiophene rings is 1. The van der Waals surface area contributed by atoms with E-state index >= 15 is 0 Å². The lowest BCUT2D eigenvalue weighted by atomic mass is 9.81. The lowest BCUT2D eigenvalue weighted by Crippen LogP contribution is -2.48. The molecule has 0 amide bonds. The minimum Gasteiger partial charge on any atom is -0.480 e. The number of carboxylic acids is 1. The van der Waals surface area contributed by atoms with Crippen molar-refractivity contribution in [1.82, 2.24) is 4.90 Å². The monoisotopic (exact) mass is 309 g/mol. The molecule has 1 unspecified atom stereocenters. The lowest BCUT2D eigenvalue weighted by molar-refractivity contribution is -0.146. The number of rotatable bonds is 4. The second-order valence-corrected chi connectivity index (χ2v) is 7.14. The number of piperidine rings is 1. The fraction of sp³-hybridized carbons (Fsp3) is 0.688. The third-order valence-electron chi connectivity index (χ3n) is 5.11. The standard InChI is InChI=1S/C16H23NO3S/c18-14-5-7-17(9-13(14)11-3-1-2-4-11)15(16(19)20)12-6-8-21-10-12/h6,8,10-11,13-15,18H,1-5,7,9H2,(H,19,20)/t13-,14+,15?/m0/s1. The highest BCUT2D eigenvalue weighted by Gasteiger charge is 2.39. The first kappa shape index (κ1) is 15.0. The van der Waals surface area contributed by atoms with Crippen LogP contribution < -0.4 is 0 Å². The summed E-state index contributed by atoms with van der Waals surface area (Å²) in [6.45, 7) is 1.37. The van der Waals surface area contributed by atoms with Gasteiger partial charge in [0.1, 0.15) is 6.04 Å². The SMILES string of the molecule is O=C(O)C(c1ccsc1)N1CC[C@@H](O)[C@H](C2CCCC2)C1. The summed E-state index contributed by atoms with van der Waals surface area (Å²) in [5.41, 5.74) is 0.870. The molecule has 0 bridgehead atoms. The fourth-order valence-electron chi connectivity index (χ4n) is 4.02. The van der Waals surface area contributed by atoms with Crippen molar-refractivity contribution < 1.29 is 15.0 Å². The molecule has 0 radical (unpaired) electrons. The zero-order chi connectivity index (χ0) is 14.8. The second-order valence-electron chi connectivity index (χ2n) is 6.36. The quantitative estimate of drug-likeness (QED) is 0.898. The van der Waals surface area contributed by atoms with E-state index in [9.17, 15) is 15.0 Å². The van der Waals surface area contributed by atoms with E-state index in [0.717, 1.165) is 5.56 Å². The molecule has 0 aromatic carbocycles. The maximum absolute atomic E-state index is 11.7. The number of aliphatic hydroxyl groups excluding tert-OH is 1. The Morgan fingerprint density at radius 1 is 1.33 bits per heavy atom. The molecule has 5 heteroatoms. The number of aliphatic hydroxyl groups is 1. The highest BCUT2D eigenvalue weighted by Crippen LogP contribution is 2.38. The van der Waals surface area contributed by atoms with Crippen molar-refractivity contribution in [3.63, 3.8) is 0 Å². The molecule has 21 heavy (non-hydrogen) atoms. The van der Waals surface area contributed by atoms with Crippen molar-refractivity contribution in [2.24, 2.45) is 11.8 Å². The molecule has 0 spiro atoms. The van der Waals surface area contributed by atoms with Gasteiger partial charge >= 0.3 is 5.97 Å². The van der Waals surface area contributed by atoms with Crippen LogP contribution in [0.3, 0.4) is 0 Å². The van der Waals surface area contributed by atoms with Gasteiger partial charge in [-0.05, 0) is 34.7 Å². The molecule has 2 N–H and O–H groups in total. The summed E-state index contributed by atoms with van der Waals surface area (Å²) in [7, 11) is 0. The van der Waals surface area contributed by atoms with Crippen LogP contribution in [0.4, 0.5) is 0 Å². The van der Waals surface area contributed by atoms with Crippen LogP contribution in [0.2, 0.25) is 0 Å². The van der Waals surface area contributed by atoms with Crippen LogP contribution in [0.25, 0.3) is 0 Å². The van der Waals surface area contributed by atoms with Crippen molar-refractivity contribution in [2.75, 3.05) is 13.1 Å². The Hall–Kier alpha value is -0.910. The van der Waals surface area contributed by atoms with Crippen LogP contribution in [0, 0.1) is 11.8 Å². The average molecular weight is 309 g/mol. The van der Waals surface area contributed by atoms with E-state index in [1.807, 2.05) is 16.8 Å². The number of likely N-dealkylation sites (tertiary alicyclic amines) is 1. The first-order chi connectivity index (χ1) is 10.2. The van der Waals surface area contributed by atoms with Crippen molar-refractivity contribution in [3.8, 4) is 0 Å². The molecule has 2 aliphatic rings. The van der Waals surface area contributed by atoms with Gasteiger partial charge < -0.3 is 10.2 Å². The fourth-order valence-corrected chi connectivity index (χ4v) is 4.70. The molecule has 1 saturated heterocycles. The molecule has 1 saturated carbocycles. The van der Waals surface area contributed by atoms with Gasteiger partial charge in [0.15, 0.2) is 0 Å². The van der Waals surface area contributed by atoms with Crippen molar-refractivity contribution >= 4 is 17.3 Å². The van der Waals surface area contributed by atoms with E-state index in [4.69, 9.17) is 0 Å². The molecule has 1 aliphatic carbocycles.